The Morgan fingerprint density at radius 1 is 0.767 bits per heavy atom. The molecule has 152 valence electrons. The van der Waals surface area contributed by atoms with Gasteiger partial charge in [0.2, 0.25) is 5.91 Å². The molecular weight excluding hydrogens is 375 g/mol. The molecule has 1 aliphatic heterocycles. The van der Waals surface area contributed by atoms with E-state index in [1.165, 1.54) is 23.3 Å². The van der Waals surface area contributed by atoms with Crippen LogP contribution in [0.1, 0.15) is 22.7 Å². The second-order valence-electron chi connectivity index (χ2n) is 7.44. The second kappa shape index (κ2) is 9.51. The van der Waals surface area contributed by atoms with E-state index in [-0.39, 0.29) is 17.8 Å². The molecule has 4 rings (SSSR count). The van der Waals surface area contributed by atoms with E-state index < -0.39 is 0 Å². The number of benzene rings is 3. The highest BCUT2D eigenvalue weighted by Gasteiger charge is 2.27. The summed E-state index contributed by atoms with van der Waals surface area (Å²) in [5.74, 6) is -0.395. The topological polar surface area (TPSA) is 23.6 Å². The molecule has 1 aliphatic rings. The second-order valence-corrected chi connectivity index (χ2v) is 7.44. The number of nitrogens with zero attached hydrogens (tertiary/aromatic N) is 2. The first-order valence-electron chi connectivity index (χ1n) is 10.3. The van der Waals surface area contributed by atoms with Crippen molar-refractivity contribution in [1.29, 1.82) is 0 Å². The van der Waals surface area contributed by atoms with Crippen LogP contribution in [-0.2, 0) is 4.79 Å². The molecule has 3 aromatic rings. The predicted octanol–water partition coefficient (Wildman–Crippen LogP) is 4.77. The predicted molar refractivity (Wildman–Crippen MR) is 118 cm³/mol. The van der Waals surface area contributed by atoms with E-state index in [2.05, 4.69) is 53.4 Å². The minimum atomic E-state index is -0.320. The van der Waals surface area contributed by atoms with Crippen LogP contribution in [-0.4, -0.2) is 41.9 Å². The molecule has 0 N–H and O–H groups in total. The molecule has 4 heteroatoms. The molecule has 0 radical (unpaired) electrons. The van der Waals surface area contributed by atoms with Crippen molar-refractivity contribution in [3.63, 3.8) is 0 Å². The van der Waals surface area contributed by atoms with Gasteiger partial charge in [0.1, 0.15) is 5.82 Å². The van der Waals surface area contributed by atoms with Crippen LogP contribution < -0.4 is 0 Å². The van der Waals surface area contributed by atoms with Crippen molar-refractivity contribution >= 4 is 12.0 Å². The monoisotopic (exact) mass is 400 g/mol. The van der Waals surface area contributed by atoms with E-state index in [9.17, 15) is 9.18 Å². The highest BCUT2D eigenvalue weighted by atomic mass is 19.1. The van der Waals surface area contributed by atoms with Crippen molar-refractivity contribution < 1.29 is 9.18 Å². The Hall–Kier alpha value is -3.24. The van der Waals surface area contributed by atoms with Crippen molar-refractivity contribution in [2.45, 2.75) is 6.04 Å². The Morgan fingerprint density at radius 3 is 1.87 bits per heavy atom. The summed E-state index contributed by atoms with van der Waals surface area (Å²) in [5.41, 5.74) is 2.93. The fraction of sp³-hybridized carbons (Fsp3) is 0.192. The molecule has 3 nitrogen and oxygen atoms in total. The minimum Gasteiger partial charge on any atom is -0.337 e. The van der Waals surface area contributed by atoms with Crippen molar-refractivity contribution in [1.82, 2.24) is 9.80 Å². The number of carbonyl (C=O) groups excluding carboxylic acids is 1. The lowest BCUT2D eigenvalue weighted by Gasteiger charge is -2.39. The van der Waals surface area contributed by atoms with Gasteiger partial charge in [-0.15, -0.1) is 0 Å². The molecule has 0 spiro atoms. The molecule has 0 bridgehead atoms. The fourth-order valence-electron chi connectivity index (χ4n) is 3.96. The van der Waals surface area contributed by atoms with E-state index in [1.54, 1.807) is 24.3 Å². The highest BCUT2D eigenvalue weighted by Crippen LogP contribution is 2.29. The van der Waals surface area contributed by atoms with Crippen LogP contribution in [0, 0.1) is 5.82 Å². The number of halogens is 1. The molecule has 1 fully saturated rings. The molecule has 0 aromatic heterocycles. The molecule has 1 saturated heterocycles. The summed E-state index contributed by atoms with van der Waals surface area (Å²) in [7, 11) is 0. The van der Waals surface area contributed by atoms with Gasteiger partial charge in [-0.2, -0.15) is 0 Å². The van der Waals surface area contributed by atoms with Gasteiger partial charge in [0.25, 0.3) is 0 Å². The van der Waals surface area contributed by atoms with E-state index in [1.807, 2.05) is 17.0 Å². The van der Waals surface area contributed by atoms with Gasteiger partial charge < -0.3 is 4.90 Å². The van der Waals surface area contributed by atoms with Gasteiger partial charge in [-0.1, -0.05) is 78.9 Å². The van der Waals surface area contributed by atoms with Crippen LogP contribution >= 0.6 is 0 Å². The van der Waals surface area contributed by atoms with Crippen LogP contribution in [0.15, 0.2) is 91.0 Å². The maximum Gasteiger partial charge on any atom is 0.246 e. The Morgan fingerprint density at radius 2 is 1.30 bits per heavy atom. The first kappa shape index (κ1) is 20.0. The van der Waals surface area contributed by atoms with Crippen LogP contribution in [0.5, 0.6) is 0 Å². The summed E-state index contributed by atoms with van der Waals surface area (Å²) in [6.45, 7) is 2.87. The van der Waals surface area contributed by atoms with E-state index in [0.717, 1.165) is 13.1 Å². The number of hydrogen-bond acceptors (Lipinski definition) is 2. The number of hydrogen-bond donors (Lipinski definition) is 0. The molecule has 0 saturated carbocycles. The molecule has 0 unspecified atom stereocenters. The lowest BCUT2D eigenvalue weighted by atomic mass is 9.96. The Balaban J connectivity index is 1.44. The molecule has 1 heterocycles. The summed E-state index contributed by atoms with van der Waals surface area (Å²) in [5, 5.41) is 0. The summed E-state index contributed by atoms with van der Waals surface area (Å²) in [6, 6.07) is 27.6. The van der Waals surface area contributed by atoms with Gasteiger partial charge in [0.05, 0.1) is 6.04 Å². The smallest absolute Gasteiger partial charge is 0.246 e. The van der Waals surface area contributed by atoms with Crippen molar-refractivity contribution in [3.05, 3.63) is 114 Å². The summed E-state index contributed by atoms with van der Waals surface area (Å²) >= 11 is 0. The zero-order valence-corrected chi connectivity index (χ0v) is 16.8. The first-order chi connectivity index (χ1) is 14.7. The van der Waals surface area contributed by atoms with Crippen LogP contribution in [0.25, 0.3) is 6.08 Å². The van der Waals surface area contributed by atoms with Crippen molar-refractivity contribution in [2.24, 2.45) is 0 Å². The van der Waals surface area contributed by atoms with Crippen molar-refractivity contribution in [2.75, 3.05) is 26.2 Å². The fourth-order valence-corrected chi connectivity index (χ4v) is 3.96. The van der Waals surface area contributed by atoms with E-state index >= 15 is 0 Å². The molecule has 30 heavy (non-hydrogen) atoms. The quantitative estimate of drug-likeness (QED) is 0.576. The Labute approximate surface area is 177 Å². The SMILES string of the molecule is O=C(/C=C/c1ccccc1F)N1CCN(C(c2ccccc2)c2ccccc2)CC1. The Bertz CT molecular complexity index is 956. The van der Waals surface area contributed by atoms with Gasteiger partial charge in [-0.05, 0) is 23.3 Å². The van der Waals surface area contributed by atoms with E-state index in [4.69, 9.17) is 0 Å². The van der Waals surface area contributed by atoms with Gasteiger partial charge in [0, 0.05) is 37.8 Å². The highest BCUT2D eigenvalue weighted by molar-refractivity contribution is 5.91. The van der Waals surface area contributed by atoms with Crippen LogP contribution in [0.2, 0.25) is 0 Å². The maximum atomic E-state index is 13.8. The van der Waals surface area contributed by atoms with Crippen LogP contribution in [0.3, 0.4) is 0 Å². The number of rotatable bonds is 5. The largest absolute Gasteiger partial charge is 0.337 e. The Kier molecular flexibility index (Phi) is 6.35. The lowest BCUT2D eigenvalue weighted by Crippen LogP contribution is -2.49. The third-order valence-electron chi connectivity index (χ3n) is 5.53. The maximum absolute atomic E-state index is 13.8. The zero-order chi connectivity index (χ0) is 20.8. The molecule has 0 aliphatic carbocycles. The normalized spacial score (nSPS) is 15.1. The third-order valence-corrected chi connectivity index (χ3v) is 5.53. The zero-order valence-electron chi connectivity index (χ0n) is 16.8. The van der Waals surface area contributed by atoms with Crippen molar-refractivity contribution in [3.8, 4) is 0 Å². The average molecular weight is 400 g/mol. The lowest BCUT2D eigenvalue weighted by molar-refractivity contribution is -0.127. The third kappa shape index (κ3) is 4.66. The van der Waals surface area contributed by atoms with Crippen LogP contribution in [0.4, 0.5) is 4.39 Å². The van der Waals surface area contributed by atoms with Gasteiger partial charge in [-0.3, -0.25) is 9.69 Å². The van der Waals surface area contributed by atoms with Gasteiger partial charge >= 0.3 is 0 Å². The number of amides is 1. The standard InChI is InChI=1S/C26H25FN2O/c27-24-14-8-7-9-21(24)15-16-25(30)28-17-19-29(20-18-28)26(22-10-3-1-4-11-22)23-12-5-2-6-13-23/h1-16,26H,17-20H2/b16-15+. The summed E-state index contributed by atoms with van der Waals surface area (Å²) in [6.07, 6.45) is 3.03. The molecule has 3 aromatic carbocycles. The van der Waals surface area contributed by atoms with Gasteiger partial charge in [0.15, 0.2) is 0 Å². The summed E-state index contributed by atoms with van der Waals surface area (Å²) < 4.78 is 13.8. The molecule has 1 amide bonds. The average Bonchev–Trinajstić information content (AvgIpc) is 2.80. The summed E-state index contributed by atoms with van der Waals surface area (Å²) in [4.78, 5) is 16.9. The number of piperazine rings is 1. The first-order valence-corrected chi connectivity index (χ1v) is 10.3. The van der Waals surface area contributed by atoms with Gasteiger partial charge in [-0.25, -0.2) is 4.39 Å². The number of carbonyl (C=O) groups is 1. The van der Waals surface area contributed by atoms with E-state index in [0.29, 0.717) is 18.7 Å². The molecular formula is C26H25FN2O. The minimum absolute atomic E-state index is 0.0751. The molecule has 0 atom stereocenters.